The SMILES string of the molecule is O=C(Nc1ccc(F)c(F)c1)NC1CCC(Oc2ccc(C(F)(F)F)cc2)CC1. The normalized spacial score (nSPS) is 19.5. The Morgan fingerprint density at radius 1 is 0.931 bits per heavy atom. The van der Waals surface area contributed by atoms with Gasteiger partial charge in [-0.05, 0) is 62.1 Å². The summed E-state index contributed by atoms with van der Waals surface area (Å²) in [6.45, 7) is 0. The third kappa shape index (κ3) is 5.82. The molecule has 2 aromatic carbocycles. The van der Waals surface area contributed by atoms with Crippen molar-refractivity contribution in [2.24, 2.45) is 0 Å². The molecule has 2 N–H and O–H groups in total. The van der Waals surface area contributed by atoms with Gasteiger partial charge in [0.1, 0.15) is 5.75 Å². The van der Waals surface area contributed by atoms with Crippen molar-refractivity contribution in [2.45, 2.75) is 44.0 Å². The molecule has 1 aliphatic rings. The van der Waals surface area contributed by atoms with Gasteiger partial charge in [0.05, 0.1) is 11.7 Å². The van der Waals surface area contributed by atoms with Crippen molar-refractivity contribution in [1.82, 2.24) is 5.32 Å². The van der Waals surface area contributed by atoms with Crippen LogP contribution < -0.4 is 15.4 Å². The molecule has 0 heterocycles. The lowest BCUT2D eigenvalue weighted by atomic mass is 9.93. The third-order valence-corrected chi connectivity index (χ3v) is 4.67. The second kappa shape index (κ2) is 8.67. The summed E-state index contributed by atoms with van der Waals surface area (Å²) in [5.41, 5.74) is -0.592. The van der Waals surface area contributed by atoms with E-state index >= 15 is 0 Å². The van der Waals surface area contributed by atoms with Gasteiger partial charge in [0.25, 0.3) is 0 Å². The molecule has 156 valence electrons. The van der Waals surface area contributed by atoms with E-state index in [0.717, 1.165) is 24.3 Å². The number of halogens is 5. The fourth-order valence-electron chi connectivity index (χ4n) is 3.17. The topological polar surface area (TPSA) is 50.4 Å². The summed E-state index contributed by atoms with van der Waals surface area (Å²) >= 11 is 0. The molecule has 0 aliphatic heterocycles. The number of urea groups is 1. The molecule has 1 saturated carbocycles. The van der Waals surface area contributed by atoms with Crippen LogP contribution in [0.4, 0.5) is 32.4 Å². The molecule has 29 heavy (non-hydrogen) atoms. The standard InChI is InChI=1S/C20H19F5N2O2/c21-17-10-5-14(11-18(17)22)27-19(28)26-13-3-8-16(9-4-13)29-15-6-1-12(2-7-15)20(23,24)25/h1-2,5-7,10-11,13,16H,3-4,8-9H2,(H2,26,27,28). The quantitative estimate of drug-likeness (QED) is 0.650. The lowest BCUT2D eigenvalue weighted by Gasteiger charge is -2.29. The van der Waals surface area contributed by atoms with Gasteiger partial charge in [0.15, 0.2) is 11.6 Å². The van der Waals surface area contributed by atoms with Crippen molar-refractivity contribution in [3.8, 4) is 5.75 Å². The molecular formula is C20H19F5N2O2. The number of carbonyl (C=O) groups excluding carboxylic acids is 1. The third-order valence-electron chi connectivity index (χ3n) is 4.67. The van der Waals surface area contributed by atoms with Crippen molar-refractivity contribution in [3.63, 3.8) is 0 Å². The van der Waals surface area contributed by atoms with Gasteiger partial charge in [-0.1, -0.05) is 0 Å². The molecule has 2 aromatic rings. The lowest BCUT2D eigenvalue weighted by Crippen LogP contribution is -2.41. The molecular weight excluding hydrogens is 395 g/mol. The maximum Gasteiger partial charge on any atom is 0.416 e. The van der Waals surface area contributed by atoms with Crippen LogP contribution in [-0.2, 0) is 6.18 Å². The maximum absolute atomic E-state index is 13.2. The molecule has 9 heteroatoms. The van der Waals surface area contributed by atoms with Crippen LogP contribution in [0.1, 0.15) is 31.2 Å². The Kier molecular flexibility index (Phi) is 6.24. The Morgan fingerprint density at radius 3 is 2.17 bits per heavy atom. The zero-order valence-electron chi connectivity index (χ0n) is 15.2. The average Bonchev–Trinajstić information content (AvgIpc) is 2.66. The largest absolute Gasteiger partial charge is 0.490 e. The number of ether oxygens (including phenoxy) is 1. The summed E-state index contributed by atoms with van der Waals surface area (Å²) in [6.07, 6.45) is -2.05. The highest BCUT2D eigenvalue weighted by Crippen LogP contribution is 2.31. The van der Waals surface area contributed by atoms with Gasteiger partial charge in [-0.15, -0.1) is 0 Å². The predicted molar refractivity (Wildman–Crippen MR) is 96.6 cm³/mol. The van der Waals surface area contributed by atoms with E-state index in [1.807, 2.05) is 0 Å². The van der Waals surface area contributed by atoms with Gasteiger partial charge in [0.2, 0.25) is 0 Å². The number of rotatable bonds is 4. The molecule has 0 unspecified atom stereocenters. The summed E-state index contributed by atoms with van der Waals surface area (Å²) in [6, 6.07) is 6.97. The highest BCUT2D eigenvalue weighted by molar-refractivity contribution is 5.89. The molecule has 4 nitrogen and oxygen atoms in total. The minimum Gasteiger partial charge on any atom is -0.490 e. The van der Waals surface area contributed by atoms with Crippen molar-refractivity contribution >= 4 is 11.7 Å². The Hall–Kier alpha value is -2.84. The van der Waals surface area contributed by atoms with E-state index in [4.69, 9.17) is 4.74 Å². The number of benzene rings is 2. The number of nitrogens with one attached hydrogen (secondary N) is 2. The molecule has 0 radical (unpaired) electrons. The van der Waals surface area contributed by atoms with Crippen molar-refractivity contribution in [3.05, 3.63) is 59.7 Å². The van der Waals surface area contributed by atoms with Crippen LogP contribution in [0.5, 0.6) is 5.75 Å². The monoisotopic (exact) mass is 414 g/mol. The van der Waals surface area contributed by atoms with Crippen LogP contribution in [0.2, 0.25) is 0 Å². The molecule has 0 aromatic heterocycles. The van der Waals surface area contributed by atoms with E-state index in [2.05, 4.69) is 10.6 Å². The van der Waals surface area contributed by atoms with Gasteiger partial charge in [0, 0.05) is 17.8 Å². The van der Waals surface area contributed by atoms with Crippen LogP contribution in [-0.4, -0.2) is 18.2 Å². The minimum absolute atomic E-state index is 0.118. The number of hydrogen-bond donors (Lipinski definition) is 2. The van der Waals surface area contributed by atoms with Gasteiger partial charge in [-0.25, -0.2) is 13.6 Å². The Balaban J connectivity index is 1.44. The maximum atomic E-state index is 13.2. The van der Waals surface area contributed by atoms with Crippen molar-refractivity contribution in [2.75, 3.05) is 5.32 Å². The van der Waals surface area contributed by atoms with Crippen LogP contribution in [0.25, 0.3) is 0 Å². The van der Waals surface area contributed by atoms with E-state index in [1.54, 1.807) is 0 Å². The lowest BCUT2D eigenvalue weighted by molar-refractivity contribution is -0.137. The minimum atomic E-state index is -4.39. The summed E-state index contributed by atoms with van der Waals surface area (Å²) < 4.78 is 69.6. The van der Waals surface area contributed by atoms with Crippen molar-refractivity contribution in [1.29, 1.82) is 0 Å². The summed E-state index contributed by atoms with van der Waals surface area (Å²) in [5, 5.41) is 5.21. The van der Waals surface area contributed by atoms with Gasteiger partial charge in [-0.3, -0.25) is 0 Å². The second-order valence-electron chi connectivity index (χ2n) is 6.84. The molecule has 0 spiro atoms. The van der Waals surface area contributed by atoms with E-state index in [9.17, 15) is 26.7 Å². The zero-order chi connectivity index (χ0) is 21.0. The smallest absolute Gasteiger partial charge is 0.416 e. The molecule has 0 atom stereocenters. The van der Waals surface area contributed by atoms with Crippen LogP contribution in [0, 0.1) is 11.6 Å². The highest BCUT2D eigenvalue weighted by Gasteiger charge is 2.30. The predicted octanol–water partition coefficient (Wildman–Crippen LogP) is 5.50. The Labute approximate surface area is 164 Å². The number of carbonyl (C=O) groups is 1. The Bertz CT molecular complexity index is 847. The first kappa shape index (κ1) is 20.9. The van der Waals surface area contributed by atoms with E-state index in [-0.39, 0.29) is 17.8 Å². The zero-order valence-corrected chi connectivity index (χ0v) is 15.2. The summed E-state index contributed by atoms with van der Waals surface area (Å²) in [5.74, 6) is -1.68. The van der Waals surface area contributed by atoms with E-state index < -0.39 is 29.4 Å². The molecule has 0 bridgehead atoms. The first-order chi connectivity index (χ1) is 13.7. The molecule has 1 fully saturated rings. The number of hydrogen-bond acceptors (Lipinski definition) is 2. The van der Waals surface area contributed by atoms with Crippen LogP contribution >= 0.6 is 0 Å². The first-order valence-corrected chi connectivity index (χ1v) is 9.07. The van der Waals surface area contributed by atoms with E-state index in [0.29, 0.717) is 31.4 Å². The van der Waals surface area contributed by atoms with Gasteiger partial charge >= 0.3 is 12.2 Å². The summed E-state index contributed by atoms with van der Waals surface area (Å²) in [7, 11) is 0. The number of amides is 2. The summed E-state index contributed by atoms with van der Waals surface area (Å²) in [4.78, 5) is 12.0. The first-order valence-electron chi connectivity index (χ1n) is 9.07. The molecule has 1 aliphatic carbocycles. The second-order valence-corrected chi connectivity index (χ2v) is 6.84. The van der Waals surface area contributed by atoms with Crippen LogP contribution in [0.3, 0.4) is 0 Å². The molecule has 2 amide bonds. The number of alkyl halides is 3. The fraction of sp³-hybridized carbons (Fsp3) is 0.350. The van der Waals surface area contributed by atoms with Gasteiger partial charge in [-0.2, -0.15) is 13.2 Å². The average molecular weight is 414 g/mol. The molecule has 3 rings (SSSR count). The van der Waals surface area contributed by atoms with Crippen molar-refractivity contribution < 1.29 is 31.5 Å². The van der Waals surface area contributed by atoms with Gasteiger partial charge < -0.3 is 15.4 Å². The molecule has 0 saturated heterocycles. The number of anilines is 1. The highest BCUT2D eigenvalue weighted by atomic mass is 19.4. The fourth-order valence-corrected chi connectivity index (χ4v) is 3.17. The van der Waals surface area contributed by atoms with Crippen LogP contribution in [0.15, 0.2) is 42.5 Å². The Morgan fingerprint density at radius 2 is 1.59 bits per heavy atom. The van der Waals surface area contributed by atoms with E-state index in [1.165, 1.54) is 18.2 Å².